The predicted octanol–water partition coefficient (Wildman–Crippen LogP) is 2.91. The maximum Gasteiger partial charge on any atom is 0.343 e. The Morgan fingerprint density at radius 2 is 1.70 bits per heavy atom. The predicted molar refractivity (Wildman–Crippen MR) is 102 cm³/mol. The van der Waals surface area contributed by atoms with Crippen LogP contribution in [-0.2, 0) is 19.4 Å². The Kier molecular flexibility index (Phi) is 5.12. The van der Waals surface area contributed by atoms with E-state index in [1.165, 1.54) is 12.1 Å². The van der Waals surface area contributed by atoms with Gasteiger partial charge in [-0.25, -0.2) is 9.59 Å². The van der Waals surface area contributed by atoms with Crippen molar-refractivity contribution >= 4 is 22.9 Å². The summed E-state index contributed by atoms with van der Waals surface area (Å²) >= 11 is 0. The molecule has 2 aromatic carbocycles. The second-order valence-electron chi connectivity index (χ2n) is 6.21. The molecule has 1 heterocycles. The van der Waals surface area contributed by atoms with E-state index in [2.05, 4.69) is 24.3 Å². The Morgan fingerprint density at radius 1 is 1.07 bits per heavy atom. The second kappa shape index (κ2) is 7.49. The third-order valence-corrected chi connectivity index (χ3v) is 4.70. The van der Waals surface area contributed by atoms with Crippen molar-refractivity contribution < 1.29 is 14.7 Å². The maximum absolute atomic E-state index is 12.6. The van der Waals surface area contributed by atoms with Gasteiger partial charge in [-0.3, -0.25) is 9.89 Å². The number of aromatic amines is 1. The monoisotopic (exact) mass is 367 g/mol. The molecule has 0 atom stereocenters. The first-order chi connectivity index (χ1) is 13.0. The molecule has 3 aromatic rings. The molecule has 1 aromatic heterocycles. The molecule has 0 spiro atoms. The number of aromatic nitrogens is 2. The van der Waals surface area contributed by atoms with Crippen molar-refractivity contribution in [1.29, 1.82) is 0 Å². The SMILES string of the molecule is CCc1cccc(CC)c1CNC(=O)n1[nH]c2cccc(C(=O)O)c2c1=O. The van der Waals surface area contributed by atoms with Gasteiger partial charge in [0.2, 0.25) is 0 Å². The number of amides is 1. The molecule has 27 heavy (non-hydrogen) atoms. The lowest BCUT2D eigenvalue weighted by Gasteiger charge is -2.13. The van der Waals surface area contributed by atoms with E-state index in [0.29, 0.717) is 12.1 Å². The van der Waals surface area contributed by atoms with Crippen molar-refractivity contribution in [2.75, 3.05) is 0 Å². The van der Waals surface area contributed by atoms with Crippen molar-refractivity contribution in [3.8, 4) is 0 Å². The van der Waals surface area contributed by atoms with E-state index in [-0.39, 0.29) is 10.9 Å². The molecule has 0 saturated heterocycles. The van der Waals surface area contributed by atoms with Crippen LogP contribution in [0.2, 0.25) is 0 Å². The summed E-state index contributed by atoms with van der Waals surface area (Å²) in [5.41, 5.74) is 2.83. The normalized spacial score (nSPS) is 10.9. The van der Waals surface area contributed by atoms with Crippen LogP contribution in [0.1, 0.15) is 40.9 Å². The Morgan fingerprint density at radius 3 is 2.30 bits per heavy atom. The largest absolute Gasteiger partial charge is 0.478 e. The highest BCUT2D eigenvalue weighted by Gasteiger charge is 2.19. The molecular formula is C20H21N3O4. The fourth-order valence-electron chi connectivity index (χ4n) is 3.30. The van der Waals surface area contributed by atoms with Crippen molar-refractivity contribution in [1.82, 2.24) is 15.1 Å². The summed E-state index contributed by atoms with van der Waals surface area (Å²) in [5, 5.41) is 14.7. The number of hydrogen-bond acceptors (Lipinski definition) is 3. The summed E-state index contributed by atoms with van der Waals surface area (Å²) in [6, 6.07) is 9.85. The molecular weight excluding hydrogens is 346 g/mol. The van der Waals surface area contributed by atoms with Gasteiger partial charge in [0, 0.05) is 6.54 Å². The molecule has 140 valence electrons. The van der Waals surface area contributed by atoms with Crippen LogP contribution in [0.5, 0.6) is 0 Å². The van der Waals surface area contributed by atoms with E-state index in [1.54, 1.807) is 6.07 Å². The Hall–Kier alpha value is -3.35. The first-order valence-corrected chi connectivity index (χ1v) is 8.82. The van der Waals surface area contributed by atoms with Gasteiger partial charge in [-0.05, 0) is 41.7 Å². The average Bonchev–Trinajstić information content (AvgIpc) is 3.02. The first kappa shape index (κ1) is 18.4. The van der Waals surface area contributed by atoms with Gasteiger partial charge in [-0.15, -0.1) is 0 Å². The lowest BCUT2D eigenvalue weighted by molar-refractivity contribution is 0.0699. The number of fused-ring (bicyclic) bond motifs is 1. The van der Waals surface area contributed by atoms with Gasteiger partial charge in [-0.2, -0.15) is 4.68 Å². The molecule has 1 amide bonds. The molecule has 0 unspecified atom stereocenters. The number of hydrogen-bond donors (Lipinski definition) is 3. The van der Waals surface area contributed by atoms with Crippen molar-refractivity contribution in [3.63, 3.8) is 0 Å². The number of carbonyl (C=O) groups is 2. The quantitative estimate of drug-likeness (QED) is 0.645. The number of nitrogens with one attached hydrogen (secondary N) is 2. The van der Waals surface area contributed by atoms with Crippen LogP contribution in [-0.4, -0.2) is 26.9 Å². The summed E-state index contributed by atoms with van der Waals surface area (Å²) in [5.74, 6) is -1.21. The molecule has 7 heteroatoms. The topological polar surface area (TPSA) is 104 Å². The summed E-state index contributed by atoms with van der Waals surface area (Å²) in [7, 11) is 0. The lowest BCUT2D eigenvalue weighted by Crippen LogP contribution is -2.35. The van der Waals surface area contributed by atoms with Gasteiger partial charge >= 0.3 is 12.0 Å². The second-order valence-corrected chi connectivity index (χ2v) is 6.21. The number of carbonyl (C=O) groups excluding carboxylic acids is 1. The van der Waals surface area contributed by atoms with Crippen LogP contribution in [0.3, 0.4) is 0 Å². The summed E-state index contributed by atoms with van der Waals surface area (Å²) < 4.78 is 0.817. The Balaban J connectivity index is 1.93. The van der Waals surface area contributed by atoms with Crippen molar-refractivity contribution in [2.45, 2.75) is 33.2 Å². The number of aryl methyl sites for hydroxylation is 2. The Bertz CT molecular complexity index is 1060. The minimum absolute atomic E-state index is 0.0108. The highest BCUT2D eigenvalue weighted by molar-refractivity contribution is 6.03. The van der Waals surface area contributed by atoms with Gasteiger partial charge in [0.05, 0.1) is 16.5 Å². The Labute approximate surface area is 155 Å². The average molecular weight is 367 g/mol. The molecule has 0 aliphatic heterocycles. The molecule has 0 saturated carbocycles. The third kappa shape index (κ3) is 3.36. The summed E-state index contributed by atoms with van der Waals surface area (Å²) in [4.78, 5) is 36.5. The van der Waals surface area contributed by atoms with E-state index in [1.807, 2.05) is 18.2 Å². The van der Waals surface area contributed by atoms with E-state index in [9.17, 15) is 19.5 Å². The standard InChI is InChI=1S/C20H21N3O4/c1-3-12-7-5-8-13(4-2)15(12)11-21-20(27)23-18(24)17-14(19(25)26)9-6-10-16(17)22-23/h5-10,22H,3-4,11H2,1-2H3,(H,21,27)(H,25,26). The van der Waals surface area contributed by atoms with E-state index in [4.69, 9.17) is 0 Å². The lowest BCUT2D eigenvalue weighted by atomic mass is 9.97. The molecule has 0 radical (unpaired) electrons. The zero-order chi connectivity index (χ0) is 19.6. The molecule has 7 nitrogen and oxygen atoms in total. The number of benzene rings is 2. The third-order valence-electron chi connectivity index (χ3n) is 4.70. The van der Waals surface area contributed by atoms with Gasteiger partial charge in [0.1, 0.15) is 0 Å². The first-order valence-electron chi connectivity index (χ1n) is 8.82. The number of aromatic carboxylic acids is 1. The smallest absolute Gasteiger partial charge is 0.343 e. The van der Waals surface area contributed by atoms with Crippen LogP contribution in [0.4, 0.5) is 4.79 Å². The molecule has 0 aliphatic carbocycles. The summed E-state index contributed by atoms with van der Waals surface area (Å²) in [6.45, 7) is 4.39. The number of rotatable bonds is 5. The minimum atomic E-state index is -1.21. The maximum atomic E-state index is 12.6. The molecule has 3 rings (SSSR count). The number of H-pyrrole nitrogens is 1. The van der Waals surface area contributed by atoms with E-state index in [0.717, 1.165) is 34.2 Å². The fourth-order valence-corrected chi connectivity index (χ4v) is 3.30. The van der Waals surface area contributed by atoms with Gasteiger partial charge < -0.3 is 10.4 Å². The summed E-state index contributed by atoms with van der Waals surface area (Å²) in [6.07, 6.45) is 1.68. The van der Waals surface area contributed by atoms with Crippen molar-refractivity contribution in [3.05, 3.63) is 69.0 Å². The molecule has 0 fully saturated rings. The fraction of sp³-hybridized carbons (Fsp3) is 0.250. The molecule has 0 aliphatic rings. The molecule has 0 bridgehead atoms. The minimum Gasteiger partial charge on any atom is -0.478 e. The zero-order valence-electron chi connectivity index (χ0n) is 15.2. The van der Waals surface area contributed by atoms with Gasteiger partial charge in [-0.1, -0.05) is 38.1 Å². The van der Waals surface area contributed by atoms with Crippen LogP contribution in [0.25, 0.3) is 10.9 Å². The zero-order valence-corrected chi connectivity index (χ0v) is 15.2. The van der Waals surface area contributed by atoms with Gasteiger partial charge in [0.15, 0.2) is 0 Å². The van der Waals surface area contributed by atoms with E-state index >= 15 is 0 Å². The van der Waals surface area contributed by atoms with Gasteiger partial charge in [0.25, 0.3) is 5.56 Å². The number of nitrogens with zero attached hydrogens (tertiary/aromatic N) is 1. The number of carboxylic acid groups (broad SMARTS) is 1. The number of carboxylic acids is 1. The van der Waals surface area contributed by atoms with Crippen LogP contribution < -0.4 is 10.9 Å². The highest BCUT2D eigenvalue weighted by atomic mass is 16.4. The van der Waals surface area contributed by atoms with E-state index < -0.39 is 17.6 Å². The van der Waals surface area contributed by atoms with Crippen molar-refractivity contribution in [2.24, 2.45) is 0 Å². The van der Waals surface area contributed by atoms with Crippen LogP contribution in [0.15, 0.2) is 41.2 Å². The van der Waals surface area contributed by atoms with Crippen LogP contribution >= 0.6 is 0 Å². The highest BCUT2D eigenvalue weighted by Crippen LogP contribution is 2.17. The molecule has 3 N–H and O–H groups in total. The van der Waals surface area contributed by atoms with Crippen LogP contribution in [0, 0.1) is 0 Å².